The molecule has 2 atom stereocenters. The first-order valence-corrected chi connectivity index (χ1v) is 6.70. The van der Waals surface area contributed by atoms with Gasteiger partial charge in [-0.15, -0.1) is 0 Å². The maximum atomic E-state index is 9.99. The summed E-state index contributed by atoms with van der Waals surface area (Å²) in [6, 6.07) is 8.00. The molecular weight excluding hydrogens is 282 g/mol. The summed E-state index contributed by atoms with van der Waals surface area (Å²) in [5.74, 6) is 0. The minimum Gasteiger partial charge on any atom is -0.396 e. The third kappa shape index (κ3) is 5.64. The Morgan fingerprint density at radius 1 is 1.41 bits per heavy atom. The molecule has 0 saturated carbocycles. The molecule has 1 rings (SSSR count). The van der Waals surface area contributed by atoms with E-state index in [9.17, 15) is 5.11 Å². The summed E-state index contributed by atoms with van der Waals surface area (Å²) in [7, 11) is 0. The highest BCUT2D eigenvalue weighted by atomic mass is 79.9. The van der Waals surface area contributed by atoms with Crippen molar-refractivity contribution >= 4 is 15.9 Å². The number of benzene rings is 1. The van der Waals surface area contributed by atoms with Crippen molar-refractivity contribution in [2.75, 3.05) is 13.2 Å². The van der Waals surface area contributed by atoms with E-state index in [0.717, 1.165) is 22.9 Å². The highest BCUT2D eigenvalue weighted by Gasteiger charge is 2.09. The van der Waals surface area contributed by atoms with Crippen molar-refractivity contribution < 1.29 is 10.2 Å². The molecule has 0 radical (unpaired) electrons. The predicted octanol–water partition coefficient (Wildman–Crippen LogP) is 2.23. The number of aliphatic hydroxyl groups excluding tert-OH is 2. The van der Waals surface area contributed by atoms with Crippen molar-refractivity contribution in [1.29, 1.82) is 0 Å². The first kappa shape index (κ1) is 14.6. The molecule has 0 aliphatic carbocycles. The van der Waals surface area contributed by atoms with E-state index in [2.05, 4.69) is 28.2 Å². The third-order valence-corrected chi connectivity index (χ3v) is 3.18. The fraction of sp³-hybridized carbons (Fsp3) is 0.538. The SMILES string of the molecule is CC(CCCO)NCC(O)c1cccc(Br)c1. The topological polar surface area (TPSA) is 52.5 Å². The Morgan fingerprint density at radius 2 is 2.18 bits per heavy atom. The Morgan fingerprint density at radius 3 is 2.82 bits per heavy atom. The van der Waals surface area contributed by atoms with Gasteiger partial charge in [-0.1, -0.05) is 28.1 Å². The van der Waals surface area contributed by atoms with Gasteiger partial charge in [-0.3, -0.25) is 0 Å². The molecule has 96 valence electrons. The summed E-state index contributed by atoms with van der Waals surface area (Å²) in [4.78, 5) is 0. The monoisotopic (exact) mass is 301 g/mol. The van der Waals surface area contributed by atoms with E-state index in [0.29, 0.717) is 12.6 Å². The summed E-state index contributed by atoms with van der Waals surface area (Å²) in [6.07, 6.45) is 1.21. The highest BCUT2D eigenvalue weighted by molar-refractivity contribution is 9.10. The first-order chi connectivity index (χ1) is 8.13. The molecule has 4 heteroatoms. The predicted molar refractivity (Wildman–Crippen MR) is 72.9 cm³/mol. The average Bonchev–Trinajstić information content (AvgIpc) is 2.33. The smallest absolute Gasteiger partial charge is 0.0914 e. The number of nitrogens with one attached hydrogen (secondary N) is 1. The van der Waals surface area contributed by atoms with E-state index in [-0.39, 0.29) is 6.61 Å². The zero-order chi connectivity index (χ0) is 12.7. The van der Waals surface area contributed by atoms with Gasteiger partial charge in [-0.05, 0) is 37.5 Å². The minimum absolute atomic E-state index is 0.222. The Hall–Kier alpha value is -0.420. The van der Waals surface area contributed by atoms with Gasteiger partial charge in [0.05, 0.1) is 6.10 Å². The van der Waals surface area contributed by atoms with Gasteiger partial charge < -0.3 is 15.5 Å². The van der Waals surface area contributed by atoms with Gasteiger partial charge in [-0.2, -0.15) is 0 Å². The number of hydrogen-bond acceptors (Lipinski definition) is 3. The Kier molecular flexibility index (Phi) is 6.73. The largest absolute Gasteiger partial charge is 0.396 e. The van der Waals surface area contributed by atoms with Gasteiger partial charge in [0, 0.05) is 23.7 Å². The van der Waals surface area contributed by atoms with Gasteiger partial charge in [0.15, 0.2) is 0 Å². The second kappa shape index (κ2) is 7.82. The molecule has 0 aliphatic heterocycles. The van der Waals surface area contributed by atoms with Crippen molar-refractivity contribution in [3.8, 4) is 0 Å². The summed E-state index contributed by atoms with van der Waals surface area (Å²) >= 11 is 3.39. The fourth-order valence-electron chi connectivity index (χ4n) is 1.64. The minimum atomic E-state index is -0.496. The molecule has 17 heavy (non-hydrogen) atoms. The number of hydrogen-bond donors (Lipinski definition) is 3. The molecule has 0 fully saturated rings. The van der Waals surface area contributed by atoms with Gasteiger partial charge >= 0.3 is 0 Å². The second-order valence-electron chi connectivity index (χ2n) is 4.25. The lowest BCUT2D eigenvalue weighted by molar-refractivity contribution is 0.169. The van der Waals surface area contributed by atoms with E-state index >= 15 is 0 Å². The van der Waals surface area contributed by atoms with E-state index in [1.807, 2.05) is 24.3 Å². The van der Waals surface area contributed by atoms with Crippen LogP contribution in [0.2, 0.25) is 0 Å². The normalized spacial score (nSPS) is 14.6. The van der Waals surface area contributed by atoms with Crippen LogP contribution in [0.25, 0.3) is 0 Å². The van der Waals surface area contributed by atoms with Crippen LogP contribution >= 0.6 is 15.9 Å². The highest BCUT2D eigenvalue weighted by Crippen LogP contribution is 2.17. The zero-order valence-corrected chi connectivity index (χ0v) is 11.7. The van der Waals surface area contributed by atoms with E-state index < -0.39 is 6.10 Å². The summed E-state index contributed by atoms with van der Waals surface area (Å²) in [5, 5.41) is 22.0. The Labute approximate surface area is 111 Å². The van der Waals surface area contributed by atoms with Crippen molar-refractivity contribution in [3.05, 3.63) is 34.3 Å². The lowest BCUT2D eigenvalue weighted by atomic mass is 10.1. The lowest BCUT2D eigenvalue weighted by Crippen LogP contribution is -2.30. The van der Waals surface area contributed by atoms with Gasteiger partial charge in [-0.25, -0.2) is 0 Å². The molecular formula is C13H20BrNO2. The van der Waals surface area contributed by atoms with Crippen molar-refractivity contribution in [2.45, 2.75) is 31.9 Å². The number of rotatable bonds is 7. The lowest BCUT2D eigenvalue weighted by Gasteiger charge is -2.17. The van der Waals surface area contributed by atoms with Gasteiger partial charge in [0.1, 0.15) is 0 Å². The summed E-state index contributed by atoms with van der Waals surface area (Å²) in [6.45, 7) is 2.81. The molecule has 0 aliphatic rings. The van der Waals surface area contributed by atoms with Crippen LogP contribution in [0.4, 0.5) is 0 Å². The molecule has 0 bridgehead atoms. The standard InChI is InChI=1S/C13H20BrNO2/c1-10(4-3-7-16)15-9-13(17)11-5-2-6-12(14)8-11/h2,5-6,8,10,13,15-17H,3-4,7,9H2,1H3. The van der Waals surface area contributed by atoms with Crippen LogP contribution in [0.15, 0.2) is 28.7 Å². The molecule has 3 N–H and O–H groups in total. The number of aliphatic hydroxyl groups is 2. The first-order valence-electron chi connectivity index (χ1n) is 5.91. The average molecular weight is 302 g/mol. The molecule has 0 spiro atoms. The van der Waals surface area contributed by atoms with Gasteiger partial charge in [0.25, 0.3) is 0 Å². The number of halogens is 1. The van der Waals surface area contributed by atoms with Crippen LogP contribution in [-0.4, -0.2) is 29.4 Å². The van der Waals surface area contributed by atoms with Gasteiger partial charge in [0.2, 0.25) is 0 Å². The molecule has 0 saturated heterocycles. The van der Waals surface area contributed by atoms with Crippen LogP contribution < -0.4 is 5.32 Å². The Bertz CT molecular complexity index is 333. The molecule has 1 aromatic rings. The van der Waals surface area contributed by atoms with Crippen LogP contribution in [0.1, 0.15) is 31.4 Å². The Balaban J connectivity index is 2.36. The summed E-state index contributed by atoms with van der Waals surface area (Å²) in [5.41, 5.74) is 0.904. The van der Waals surface area contributed by atoms with Crippen LogP contribution in [0, 0.1) is 0 Å². The maximum absolute atomic E-state index is 9.99. The third-order valence-electron chi connectivity index (χ3n) is 2.69. The van der Waals surface area contributed by atoms with Crippen molar-refractivity contribution in [1.82, 2.24) is 5.32 Å². The molecule has 0 amide bonds. The fourth-order valence-corrected chi connectivity index (χ4v) is 2.06. The molecule has 0 aromatic heterocycles. The summed E-state index contributed by atoms with van der Waals surface area (Å²) < 4.78 is 0.974. The van der Waals surface area contributed by atoms with Crippen LogP contribution in [-0.2, 0) is 0 Å². The van der Waals surface area contributed by atoms with Crippen molar-refractivity contribution in [2.24, 2.45) is 0 Å². The van der Waals surface area contributed by atoms with Crippen LogP contribution in [0.3, 0.4) is 0 Å². The van der Waals surface area contributed by atoms with Crippen molar-refractivity contribution in [3.63, 3.8) is 0 Å². The molecule has 1 aromatic carbocycles. The zero-order valence-electron chi connectivity index (χ0n) is 10.1. The molecule has 3 nitrogen and oxygen atoms in total. The van der Waals surface area contributed by atoms with E-state index in [1.165, 1.54) is 0 Å². The molecule has 0 heterocycles. The maximum Gasteiger partial charge on any atom is 0.0914 e. The quantitative estimate of drug-likeness (QED) is 0.724. The van der Waals surface area contributed by atoms with E-state index in [4.69, 9.17) is 5.11 Å². The second-order valence-corrected chi connectivity index (χ2v) is 5.16. The van der Waals surface area contributed by atoms with E-state index in [1.54, 1.807) is 0 Å². The molecule has 2 unspecified atom stereocenters. The van der Waals surface area contributed by atoms with Crippen LogP contribution in [0.5, 0.6) is 0 Å².